The summed E-state index contributed by atoms with van der Waals surface area (Å²) in [5.41, 5.74) is 2.65. The van der Waals surface area contributed by atoms with Crippen molar-refractivity contribution in [3.05, 3.63) is 199 Å². The Kier molecular flexibility index (Phi) is 11.3. The fourth-order valence-electron chi connectivity index (χ4n) is 6.81. The third-order valence-electron chi connectivity index (χ3n) is 9.17. The Morgan fingerprint density at radius 2 is 0.980 bits per heavy atom. The first kappa shape index (κ1) is 35.3. The smallest absolute Gasteiger partial charge is 0.0255 e. The second-order valence-corrected chi connectivity index (χ2v) is 13.3. The second kappa shape index (κ2) is 16.0. The third kappa shape index (κ3) is 7.05. The van der Waals surface area contributed by atoms with Gasteiger partial charge < -0.3 is 24.8 Å². The topological polar surface area (TPSA) is 0 Å². The van der Waals surface area contributed by atoms with Crippen molar-refractivity contribution < 1.29 is 49.0 Å². The Balaban J connectivity index is 0.000000147. The molecule has 0 aliphatic heterocycles. The molecule has 0 unspecified atom stereocenters. The molecule has 9 aromatic rings. The number of allylic oxidation sites excluding steroid dienone is 4. The van der Waals surface area contributed by atoms with Crippen LogP contribution >= 0.6 is 0 Å². The average molecular weight is 759 g/mol. The first-order valence-corrected chi connectivity index (χ1v) is 17.6. The van der Waals surface area contributed by atoms with Crippen molar-refractivity contribution >= 4 is 67.8 Å². The van der Waals surface area contributed by atoms with E-state index in [0.29, 0.717) is 0 Å². The number of rotatable bonds is 2. The Labute approximate surface area is 320 Å². The van der Waals surface area contributed by atoms with E-state index in [0.717, 1.165) is 6.42 Å². The maximum atomic E-state index is 2.99. The number of halogens is 2. The summed E-state index contributed by atoms with van der Waals surface area (Å²) in [6, 6.07) is 59.1. The minimum absolute atomic E-state index is 0. The Morgan fingerprint density at radius 1 is 0.500 bits per heavy atom. The predicted molar refractivity (Wildman–Crippen MR) is 205 cm³/mol. The van der Waals surface area contributed by atoms with E-state index in [9.17, 15) is 0 Å². The molecule has 0 N–H and O–H groups in total. The number of fused-ring (bicyclic) bond motifs is 10. The molecule has 50 heavy (non-hydrogen) atoms. The first-order chi connectivity index (χ1) is 23.7. The van der Waals surface area contributed by atoms with E-state index in [1.165, 1.54) is 103 Å². The molecule has 9 aromatic carbocycles. The van der Waals surface area contributed by atoms with E-state index >= 15 is 0 Å². The third-order valence-corrected chi connectivity index (χ3v) is 10.6. The van der Waals surface area contributed by atoms with Gasteiger partial charge in [0.25, 0.3) is 0 Å². The van der Waals surface area contributed by atoms with Crippen LogP contribution in [0.1, 0.15) is 17.5 Å². The van der Waals surface area contributed by atoms with Crippen molar-refractivity contribution in [2.24, 2.45) is 0 Å². The summed E-state index contributed by atoms with van der Waals surface area (Å²) in [5.74, 6) is 0. The van der Waals surface area contributed by atoms with E-state index in [-0.39, 0.29) is 24.8 Å². The molecule has 0 saturated heterocycles. The minimum Gasteiger partial charge on any atom is -0.126 e. The molecular weight excluding hydrogens is 727 g/mol. The molecule has 3 heteroatoms. The van der Waals surface area contributed by atoms with Crippen LogP contribution in [0.3, 0.4) is 0 Å². The zero-order chi connectivity index (χ0) is 32.3. The van der Waals surface area contributed by atoms with E-state index in [2.05, 4.69) is 176 Å². The molecule has 0 heterocycles. The van der Waals surface area contributed by atoms with Crippen LogP contribution in [0.15, 0.2) is 182 Å². The van der Waals surface area contributed by atoms with Gasteiger partial charge in [-0.2, -0.15) is 6.08 Å². The second-order valence-electron chi connectivity index (χ2n) is 12.1. The van der Waals surface area contributed by atoms with Crippen LogP contribution in [0.2, 0.25) is 0 Å². The van der Waals surface area contributed by atoms with Crippen molar-refractivity contribution in [1.82, 2.24) is 0 Å². The van der Waals surface area contributed by atoms with Gasteiger partial charge in [-0.1, -0.05) is 77.5 Å². The van der Waals surface area contributed by atoms with Crippen LogP contribution < -0.4 is 24.8 Å². The maximum absolute atomic E-state index is 2.99. The molecule has 1 aliphatic rings. The summed E-state index contributed by atoms with van der Waals surface area (Å²) in [4.78, 5) is 0. The molecule has 0 aromatic heterocycles. The van der Waals surface area contributed by atoms with Gasteiger partial charge in [0, 0.05) is 0 Å². The molecule has 0 radical (unpaired) electrons. The van der Waals surface area contributed by atoms with Crippen LogP contribution in [-0.4, -0.2) is 3.21 Å². The zero-order valence-corrected chi connectivity index (χ0v) is 31.3. The van der Waals surface area contributed by atoms with Gasteiger partial charge in [-0.25, -0.2) is 12.2 Å². The fourth-order valence-corrected chi connectivity index (χ4v) is 7.58. The van der Waals surface area contributed by atoms with E-state index < -0.39 is 0 Å². The standard InChI is InChI=1S/C21H13.C21H14.C5H5.2ClH.Zr/c1-2-8-15-14(7-1)13-20-18-11-4-3-9-16(18)17-10-5-6-12-19(17)21(15)20;1-3-7-20-14-16(9-11-18(20)5-1)13-17-10-12-19-6-2-4-8-21(19)15-17;1-2-4-5-3-1;;;/h1-13H;1-12,14-15H;1-3H,4H2;2*1H;/q-1;;-1;;;+2/p-2. The molecule has 0 spiro atoms. The van der Waals surface area contributed by atoms with Gasteiger partial charge in [0.05, 0.1) is 0 Å². The van der Waals surface area contributed by atoms with Crippen LogP contribution in [0, 0.1) is 6.08 Å². The van der Waals surface area contributed by atoms with E-state index in [1.807, 2.05) is 12.2 Å². The van der Waals surface area contributed by atoms with Crippen LogP contribution in [-0.2, 0) is 24.2 Å². The summed E-state index contributed by atoms with van der Waals surface area (Å²) in [6.45, 7) is 0. The number of hydrogen-bond acceptors (Lipinski definition) is 0. The molecule has 0 saturated carbocycles. The van der Waals surface area contributed by atoms with Crippen LogP contribution in [0.4, 0.5) is 0 Å². The fraction of sp³-hybridized carbons (Fsp3) is 0.0213. The quantitative estimate of drug-likeness (QED) is 0.141. The number of benzene rings is 8. The SMILES string of the molecule is [C-]1=CC=CC1.[Cl-].[Cl-].[Zr+2]=[C](c1ccc2ccccc2c1)c1ccc2ccccc2c1.c1ccc2c(c1)[cH-]c1c3ccccc3c3ccccc3c21. The monoisotopic (exact) mass is 756 g/mol. The van der Waals surface area contributed by atoms with Gasteiger partial charge in [-0.15, -0.1) is 40.1 Å². The largest absolute Gasteiger partial charge is 0.126 e. The normalized spacial score (nSPS) is 11.6. The Hall–Kier alpha value is -4.52. The van der Waals surface area contributed by atoms with E-state index in [1.54, 1.807) is 0 Å². The van der Waals surface area contributed by atoms with Crippen molar-refractivity contribution in [3.63, 3.8) is 0 Å². The molecule has 0 atom stereocenters. The average Bonchev–Trinajstić information content (AvgIpc) is 3.88. The molecule has 1 aliphatic carbocycles. The van der Waals surface area contributed by atoms with E-state index in [4.69, 9.17) is 0 Å². The van der Waals surface area contributed by atoms with Gasteiger partial charge in [0.15, 0.2) is 0 Å². The van der Waals surface area contributed by atoms with Crippen molar-refractivity contribution in [2.45, 2.75) is 6.42 Å². The Morgan fingerprint density at radius 3 is 1.52 bits per heavy atom. The maximum Gasteiger partial charge on any atom is -0.0255 e. The molecular formula is C47H32Cl2Zr-2. The first-order valence-electron chi connectivity index (χ1n) is 16.4. The summed E-state index contributed by atoms with van der Waals surface area (Å²) < 4.78 is 1.41. The van der Waals surface area contributed by atoms with Gasteiger partial charge in [0.1, 0.15) is 0 Å². The molecule has 0 fully saturated rings. The van der Waals surface area contributed by atoms with Crippen molar-refractivity contribution in [1.29, 1.82) is 0 Å². The summed E-state index contributed by atoms with van der Waals surface area (Å²) in [7, 11) is 0. The van der Waals surface area contributed by atoms with Crippen LogP contribution in [0.5, 0.6) is 0 Å². The van der Waals surface area contributed by atoms with Crippen molar-refractivity contribution in [2.75, 3.05) is 0 Å². The molecule has 240 valence electrons. The van der Waals surface area contributed by atoms with Crippen molar-refractivity contribution in [3.8, 4) is 0 Å². The molecule has 10 rings (SSSR count). The summed E-state index contributed by atoms with van der Waals surface area (Å²) >= 11 is 1.44. The zero-order valence-electron chi connectivity index (χ0n) is 27.3. The number of hydrogen-bond donors (Lipinski definition) is 0. The van der Waals surface area contributed by atoms with Gasteiger partial charge in [0.2, 0.25) is 0 Å². The van der Waals surface area contributed by atoms with Gasteiger partial charge in [-0.3, -0.25) is 6.08 Å². The van der Waals surface area contributed by atoms with Gasteiger partial charge >= 0.3 is 145 Å². The summed E-state index contributed by atoms with van der Waals surface area (Å²) in [6.07, 6.45) is 10.0. The minimum atomic E-state index is 0. The summed E-state index contributed by atoms with van der Waals surface area (Å²) in [5, 5.41) is 16.0. The molecule has 0 nitrogen and oxygen atoms in total. The Bertz CT molecular complexity index is 2590. The molecule has 0 bridgehead atoms. The predicted octanol–water partition coefficient (Wildman–Crippen LogP) is 6.44. The molecule has 0 amide bonds. The van der Waals surface area contributed by atoms with Gasteiger partial charge in [-0.05, 0) is 10.8 Å². The van der Waals surface area contributed by atoms with Crippen LogP contribution in [0.25, 0.3) is 64.6 Å².